The summed E-state index contributed by atoms with van der Waals surface area (Å²) in [5, 5.41) is 17.3. The van der Waals surface area contributed by atoms with Crippen LogP contribution in [0.2, 0.25) is 0 Å². The third kappa shape index (κ3) is 3.20. The van der Waals surface area contributed by atoms with Crippen LogP contribution in [-0.4, -0.2) is 34.6 Å². The molecule has 0 aromatic carbocycles. The SMILES string of the molecule is CN(CCCC(=O)O)c1nccnc1C#N. The maximum atomic E-state index is 10.3. The van der Waals surface area contributed by atoms with Gasteiger partial charge in [-0.3, -0.25) is 4.79 Å². The van der Waals surface area contributed by atoms with Gasteiger partial charge in [-0.25, -0.2) is 9.97 Å². The molecule has 1 N–H and O–H groups in total. The van der Waals surface area contributed by atoms with Gasteiger partial charge in [0.25, 0.3) is 0 Å². The molecule has 1 rings (SSSR count). The van der Waals surface area contributed by atoms with E-state index in [0.29, 0.717) is 18.8 Å². The number of hydrogen-bond acceptors (Lipinski definition) is 5. The fraction of sp³-hybridized carbons (Fsp3) is 0.400. The van der Waals surface area contributed by atoms with Gasteiger partial charge >= 0.3 is 5.97 Å². The largest absolute Gasteiger partial charge is 0.481 e. The van der Waals surface area contributed by atoms with Gasteiger partial charge < -0.3 is 10.0 Å². The van der Waals surface area contributed by atoms with Gasteiger partial charge in [0.15, 0.2) is 11.5 Å². The van der Waals surface area contributed by atoms with Crippen LogP contribution in [0.4, 0.5) is 5.82 Å². The number of carboxylic acids is 1. The molecular formula is C10H12N4O2. The third-order valence-corrected chi connectivity index (χ3v) is 2.03. The van der Waals surface area contributed by atoms with E-state index in [-0.39, 0.29) is 12.1 Å². The van der Waals surface area contributed by atoms with E-state index in [4.69, 9.17) is 10.4 Å². The summed E-state index contributed by atoms with van der Waals surface area (Å²) >= 11 is 0. The van der Waals surface area contributed by atoms with E-state index in [9.17, 15) is 4.79 Å². The average Bonchev–Trinajstić information content (AvgIpc) is 2.28. The fourth-order valence-electron chi connectivity index (χ4n) is 1.26. The van der Waals surface area contributed by atoms with Gasteiger partial charge in [0.1, 0.15) is 6.07 Å². The predicted molar refractivity (Wildman–Crippen MR) is 56.9 cm³/mol. The van der Waals surface area contributed by atoms with E-state index in [1.54, 1.807) is 11.9 Å². The lowest BCUT2D eigenvalue weighted by atomic mass is 10.3. The number of aromatic nitrogens is 2. The Balaban J connectivity index is 2.62. The second-order valence-corrected chi connectivity index (χ2v) is 3.26. The summed E-state index contributed by atoms with van der Waals surface area (Å²) < 4.78 is 0. The highest BCUT2D eigenvalue weighted by atomic mass is 16.4. The number of anilines is 1. The minimum Gasteiger partial charge on any atom is -0.481 e. The van der Waals surface area contributed by atoms with E-state index in [1.807, 2.05) is 6.07 Å². The van der Waals surface area contributed by atoms with Crippen LogP contribution in [0.3, 0.4) is 0 Å². The van der Waals surface area contributed by atoms with Gasteiger partial charge in [-0.1, -0.05) is 0 Å². The minimum atomic E-state index is -0.826. The highest BCUT2D eigenvalue weighted by molar-refractivity contribution is 5.66. The highest BCUT2D eigenvalue weighted by Crippen LogP contribution is 2.12. The Morgan fingerprint density at radius 1 is 1.56 bits per heavy atom. The maximum Gasteiger partial charge on any atom is 0.303 e. The van der Waals surface area contributed by atoms with Crippen LogP contribution in [0, 0.1) is 11.3 Å². The van der Waals surface area contributed by atoms with Crippen molar-refractivity contribution >= 4 is 11.8 Å². The Morgan fingerprint density at radius 2 is 2.25 bits per heavy atom. The second kappa shape index (κ2) is 5.66. The number of nitrogens with zero attached hydrogens (tertiary/aromatic N) is 4. The molecule has 0 aliphatic rings. The summed E-state index contributed by atoms with van der Waals surface area (Å²) in [6.45, 7) is 0.527. The van der Waals surface area contributed by atoms with E-state index < -0.39 is 5.97 Å². The van der Waals surface area contributed by atoms with Gasteiger partial charge in [0.2, 0.25) is 0 Å². The van der Waals surface area contributed by atoms with Crippen molar-refractivity contribution in [2.45, 2.75) is 12.8 Å². The van der Waals surface area contributed by atoms with E-state index >= 15 is 0 Å². The first-order chi connectivity index (χ1) is 7.65. The summed E-state index contributed by atoms with van der Waals surface area (Å²) in [4.78, 5) is 20.0. The first kappa shape index (κ1) is 11.9. The van der Waals surface area contributed by atoms with Crippen LogP contribution in [-0.2, 0) is 4.79 Å². The van der Waals surface area contributed by atoms with Crippen LogP contribution in [0.5, 0.6) is 0 Å². The molecule has 0 aliphatic heterocycles. The maximum absolute atomic E-state index is 10.3. The van der Waals surface area contributed by atoms with Gasteiger partial charge in [-0.2, -0.15) is 5.26 Å². The number of carbonyl (C=O) groups is 1. The van der Waals surface area contributed by atoms with Gasteiger partial charge in [0, 0.05) is 32.4 Å². The standard InChI is InChI=1S/C10H12N4O2/c1-14(6-2-3-9(15)16)10-8(7-11)12-4-5-13-10/h4-5H,2-3,6H2,1H3,(H,15,16). The normalized spacial score (nSPS) is 9.50. The molecule has 0 atom stereocenters. The number of hydrogen-bond donors (Lipinski definition) is 1. The highest BCUT2D eigenvalue weighted by Gasteiger charge is 2.09. The number of rotatable bonds is 5. The molecule has 0 saturated carbocycles. The summed E-state index contributed by atoms with van der Waals surface area (Å²) in [5.74, 6) is -0.344. The molecule has 0 radical (unpaired) electrons. The van der Waals surface area contributed by atoms with Crippen LogP contribution in [0.1, 0.15) is 18.5 Å². The monoisotopic (exact) mass is 220 g/mol. The topological polar surface area (TPSA) is 90.1 Å². The molecule has 1 aromatic heterocycles. The molecule has 0 unspecified atom stereocenters. The van der Waals surface area contributed by atoms with Crippen molar-refractivity contribution in [1.29, 1.82) is 5.26 Å². The van der Waals surface area contributed by atoms with Crippen LogP contribution in [0.25, 0.3) is 0 Å². The van der Waals surface area contributed by atoms with Crippen LogP contribution >= 0.6 is 0 Å². The zero-order valence-corrected chi connectivity index (χ0v) is 8.92. The number of aliphatic carboxylic acids is 1. The summed E-state index contributed by atoms with van der Waals surface area (Å²) in [6, 6.07) is 1.94. The minimum absolute atomic E-state index is 0.104. The summed E-state index contributed by atoms with van der Waals surface area (Å²) in [7, 11) is 1.76. The Labute approximate surface area is 93.2 Å². The van der Waals surface area contributed by atoms with Crippen molar-refractivity contribution < 1.29 is 9.90 Å². The summed E-state index contributed by atoms with van der Waals surface area (Å²) in [5.41, 5.74) is 0.250. The van der Waals surface area contributed by atoms with Gasteiger partial charge in [0.05, 0.1) is 0 Å². The Bertz CT molecular complexity index is 414. The second-order valence-electron chi connectivity index (χ2n) is 3.26. The molecule has 1 heterocycles. The molecule has 6 nitrogen and oxygen atoms in total. The molecular weight excluding hydrogens is 208 g/mol. The lowest BCUT2D eigenvalue weighted by Gasteiger charge is -2.17. The van der Waals surface area contributed by atoms with Crippen LogP contribution in [0.15, 0.2) is 12.4 Å². The first-order valence-corrected chi connectivity index (χ1v) is 4.79. The van der Waals surface area contributed by atoms with Gasteiger partial charge in [-0.15, -0.1) is 0 Å². The van der Waals surface area contributed by atoms with Crippen molar-refractivity contribution in [3.63, 3.8) is 0 Å². The predicted octanol–water partition coefficient (Wildman–Crippen LogP) is 0.649. The zero-order valence-electron chi connectivity index (χ0n) is 8.92. The lowest BCUT2D eigenvalue weighted by molar-refractivity contribution is -0.137. The molecule has 0 fully saturated rings. The van der Waals surface area contributed by atoms with Crippen LogP contribution < -0.4 is 4.90 Å². The van der Waals surface area contributed by atoms with E-state index in [1.165, 1.54) is 12.4 Å². The van der Waals surface area contributed by atoms with Crippen molar-refractivity contribution in [3.05, 3.63) is 18.1 Å². The molecule has 0 bridgehead atoms. The zero-order chi connectivity index (χ0) is 12.0. The third-order valence-electron chi connectivity index (χ3n) is 2.03. The van der Waals surface area contributed by atoms with E-state index in [2.05, 4.69) is 9.97 Å². The van der Waals surface area contributed by atoms with Gasteiger partial charge in [-0.05, 0) is 6.42 Å². The Morgan fingerprint density at radius 3 is 2.88 bits per heavy atom. The Kier molecular flexibility index (Phi) is 4.21. The molecule has 0 saturated heterocycles. The van der Waals surface area contributed by atoms with Crippen molar-refractivity contribution in [3.8, 4) is 6.07 Å². The molecule has 0 spiro atoms. The van der Waals surface area contributed by atoms with Crippen molar-refractivity contribution in [1.82, 2.24) is 9.97 Å². The number of carboxylic acid groups (broad SMARTS) is 1. The molecule has 0 amide bonds. The number of nitriles is 1. The molecule has 0 aliphatic carbocycles. The average molecular weight is 220 g/mol. The van der Waals surface area contributed by atoms with Crippen molar-refractivity contribution in [2.24, 2.45) is 0 Å². The fourth-order valence-corrected chi connectivity index (χ4v) is 1.26. The van der Waals surface area contributed by atoms with Crippen molar-refractivity contribution in [2.75, 3.05) is 18.5 Å². The molecule has 16 heavy (non-hydrogen) atoms. The lowest BCUT2D eigenvalue weighted by Crippen LogP contribution is -2.21. The molecule has 84 valence electrons. The summed E-state index contributed by atoms with van der Waals surface area (Å²) in [6.07, 6.45) is 3.57. The Hall–Kier alpha value is -2.16. The quantitative estimate of drug-likeness (QED) is 0.783. The molecule has 1 aromatic rings. The van der Waals surface area contributed by atoms with E-state index in [0.717, 1.165) is 0 Å². The molecule has 6 heteroatoms. The first-order valence-electron chi connectivity index (χ1n) is 4.79. The smallest absolute Gasteiger partial charge is 0.303 e.